The van der Waals surface area contributed by atoms with Crippen LogP contribution >= 0.6 is 0 Å². The van der Waals surface area contributed by atoms with Gasteiger partial charge in [-0.2, -0.15) is 4.98 Å². The van der Waals surface area contributed by atoms with Crippen LogP contribution < -0.4 is 5.32 Å². The lowest BCUT2D eigenvalue weighted by Gasteiger charge is -2.19. The number of carbonyl (C=O) groups excluding carboxylic acids is 1. The van der Waals surface area contributed by atoms with Gasteiger partial charge in [-0.15, -0.1) is 0 Å². The molecule has 0 aliphatic rings. The Morgan fingerprint density at radius 3 is 2.83 bits per heavy atom. The molecule has 2 rings (SSSR count). The predicted octanol–water partition coefficient (Wildman–Crippen LogP) is 1.88. The Morgan fingerprint density at radius 2 is 2.22 bits per heavy atom. The first-order chi connectivity index (χ1) is 11.0. The highest BCUT2D eigenvalue weighted by molar-refractivity contribution is 5.83. The number of furan rings is 1. The second kappa shape index (κ2) is 7.57. The van der Waals surface area contributed by atoms with Gasteiger partial charge in [0.2, 0.25) is 17.6 Å². The van der Waals surface area contributed by atoms with Crippen molar-refractivity contribution in [3.05, 3.63) is 24.3 Å². The molecule has 8 nitrogen and oxygen atoms in total. The fourth-order valence-electron chi connectivity index (χ4n) is 2.01. The molecule has 0 aliphatic heterocycles. The molecular weight excluding hydrogens is 302 g/mol. The molecule has 0 aliphatic carbocycles. The first-order valence-electron chi connectivity index (χ1n) is 7.40. The zero-order chi connectivity index (χ0) is 16.8. The van der Waals surface area contributed by atoms with Crippen LogP contribution in [0.1, 0.15) is 32.6 Å². The lowest BCUT2D eigenvalue weighted by molar-refractivity contribution is -0.143. The molecule has 2 atom stereocenters. The molecule has 0 spiro atoms. The summed E-state index contributed by atoms with van der Waals surface area (Å²) in [5, 5.41) is 15.4. The van der Waals surface area contributed by atoms with Crippen molar-refractivity contribution in [1.82, 2.24) is 15.5 Å². The third kappa shape index (κ3) is 4.41. The highest BCUT2D eigenvalue weighted by atomic mass is 16.5. The van der Waals surface area contributed by atoms with Gasteiger partial charge < -0.3 is 19.4 Å². The summed E-state index contributed by atoms with van der Waals surface area (Å²) in [4.78, 5) is 27.2. The molecule has 2 heterocycles. The quantitative estimate of drug-likeness (QED) is 0.761. The van der Waals surface area contributed by atoms with E-state index in [4.69, 9.17) is 14.0 Å². The summed E-state index contributed by atoms with van der Waals surface area (Å²) >= 11 is 0. The summed E-state index contributed by atoms with van der Waals surface area (Å²) in [7, 11) is 0. The van der Waals surface area contributed by atoms with Crippen molar-refractivity contribution in [2.45, 2.75) is 39.2 Å². The van der Waals surface area contributed by atoms with Crippen LogP contribution in [0, 0.1) is 5.92 Å². The highest BCUT2D eigenvalue weighted by Gasteiger charge is 2.25. The maximum atomic E-state index is 11.9. The first-order valence-corrected chi connectivity index (χ1v) is 7.40. The topological polar surface area (TPSA) is 118 Å². The molecule has 0 aromatic carbocycles. The monoisotopic (exact) mass is 321 g/mol. The molecule has 2 aromatic heterocycles. The van der Waals surface area contributed by atoms with Gasteiger partial charge in [0.15, 0.2) is 5.76 Å². The molecule has 2 unspecified atom stereocenters. The van der Waals surface area contributed by atoms with Crippen molar-refractivity contribution in [1.29, 1.82) is 0 Å². The van der Waals surface area contributed by atoms with E-state index < -0.39 is 12.0 Å². The van der Waals surface area contributed by atoms with Gasteiger partial charge in [0, 0.05) is 12.8 Å². The second-order valence-corrected chi connectivity index (χ2v) is 5.26. The normalized spacial score (nSPS) is 13.5. The average molecular weight is 321 g/mol. The number of hydrogen-bond donors (Lipinski definition) is 2. The van der Waals surface area contributed by atoms with Crippen molar-refractivity contribution < 1.29 is 23.6 Å². The molecule has 23 heavy (non-hydrogen) atoms. The molecule has 0 saturated heterocycles. The van der Waals surface area contributed by atoms with Gasteiger partial charge in [-0.1, -0.05) is 25.4 Å². The number of carboxylic acid groups (broad SMARTS) is 1. The summed E-state index contributed by atoms with van der Waals surface area (Å²) in [5.41, 5.74) is 0. The second-order valence-electron chi connectivity index (χ2n) is 5.26. The molecule has 2 N–H and O–H groups in total. The van der Waals surface area contributed by atoms with E-state index >= 15 is 0 Å². The van der Waals surface area contributed by atoms with Crippen molar-refractivity contribution in [2.24, 2.45) is 5.92 Å². The fourth-order valence-corrected chi connectivity index (χ4v) is 2.01. The van der Waals surface area contributed by atoms with Crippen molar-refractivity contribution >= 4 is 11.9 Å². The molecule has 0 bridgehead atoms. The number of hydrogen-bond acceptors (Lipinski definition) is 6. The number of aromatic nitrogens is 2. The minimum absolute atomic E-state index is 0.0694. The first kappa shape index (κ1) is 16.7. The third-order valence-corrected chi connectivity index (χ3v) is 3.57. The number of aliphatic carboxylic acids is 1. The van der Waals surface area contributed by atoms with Crippen LogP contribution in [0.4, 0.5) is 0 Å². The van der Waals surface area contributed by atoms with Crippen LogP contribution in [-0.4, -0.2) is 33.2 Å². The van der Waals surface area contributed by atoms with E-state index in [0.29, 0.717) is 23.9 Å². The van der Waals surface area contributed by atoms with Gasteiger partial charge in [-0.25, -0.2) is 4.79 Å². The number of aryl methyl sites for hydroxylation is 1. The highest BCUT2D eigenvalue weighted by Crippen LogP contribution is 2.16. The van der Waals surface area contributed by atoms with Crippen LogP contribution in [0.2, 0.25) is 0 Å². The minimum Gasteiger partial charge on any atom is -0.480 e. The lowest BCUT2D eigenvalue weighted by Crippen LogP contribution is -2.45. The van der Waals surface area contributed by atoms with Crippen molar-refractivity contribution in [2.75, 3.05) is 0 Å². The molecule has 0 fully saturated rings. The van der Waals surface area contributed by atoms with Gasteiger partial charge in [0.25, 0.3) is 0 Å². The van der Waals surface area contributed by atoms with E-state index in [2.05, 4.69) is 15.5 Å². The van der Waals surface area contributed by atoms with Gasteiger partial charge in [-0.05, 0) is 18.1 Å². The zero-order valence-electron chi connectivity index (χ0n) is 13.0. The van der Waals surface area contributed by atoms with Crippen LogP contribution in [0.15, 0.2) is 27.3 Å². The zero-order valence-corrected chi connectivity index (χ0v) is 13.0. The SMILES string of the molecule is CCC(C)C(NC(=O)CCc1nc(-c2ccco2)no1)C(=O)O. The fraction of sp³-hybridized carbons (Fsp3) is 0.467. The molecule has 0 radical (unpaired) electrons. The molecule has 8 heteroatoms. The standard InChI is InChI=1S/C15H19N3O5/c1-3-9(2)13(15(20)21)16-11(19)6-7-12-17-14(18-23-12)10-5-4-8-22-10/h4-5,8-9,13H,3,6-7H2,1-2H3,(H,16,19)(H,20,21). The number of nitrogens with one attached hydrogen (secondary N) is 1. The molecular formula is C15H19N3O5. The largest absolute Gasteiger partial charge is 0.480 e. The Kier molecular flexibility index (Phi) is 5.51. The maximum absolute atomic E-state index is 11.9. The van der Waals surface area contributed by atoms with Crippen LogP contribution in [-0.2, 0) is 16.0 Å². The summed E-state index contributed by atoms with van der Waals surface area (Å²) < 4.78 is 10.2. The Hall–Kier alpha value is -2.64. The summed E-state index contributed by atoms with van der Waals surface area (Å²) in [5.74, 6) is -0.464. The average Bonchev–Trinajstić information content (AvgIpc) is 3.20. The number of nitrogens with zero attached hydrogens (tertiary/aromatic N) is 2. The predicted molar refractivity (Wildman–Crippen MR) is 79.3 cm³/mol. The lowest BCUT2D eigenvalue weighted by atomic mass is 9.99. The minimum atomic E-state index is -1.04. The van der Waals surface area contributed by atoms with Gasteiger partial charge >= 0.3 is 5.97 Å². The Balaban J connectivity index is 1.88. The molecule has 124 valence electrons. The smallest absolute Gasteiger partial charge is 0.326 e. The number of carbonyl (C=O) groups is 2. The summed E-state index contributed by atoms with van der Waals surface area (Å²) in [6, 6.07) is 2.51. The number of rotatable bonds is 8. The molecule has 1 amide bonds. The van der Waals surface area contributed by atoms with Crippen LogP contribution in [0.25, 0.3) is 11.6 Å². The van der Waals surface area contributed by atoms with E-state index in [1.54, 1.807) is 19.1 Å². The third-order valence-electron chi connectivity index (χ3n) is 3.57. The van der Waals surface area contributed by atoms with E-state index in [0.717, 1.165) is 0 Å². The maximum Gasteiger partial charge on any atom is 0.326 e. The van der Waals surface area contributed by atoms with E-state index in [1.165, 1.54) is 6.26 Å². The van der Waals surface area contributed by atoms with E-state index in [-0.39, 0.29) is 24.7 Å². The van der Waals surface area contributed by atoms with Crippen LogP contribution in [0.5, 0.6) is 0 Å². The van der Waals surface area contributed by atoms with Gasteiger partial charge in [-0.3, -0.25) is 4.79 Å². The van der Waals surface area contributed by atoms with E-state index in [1.807, 2.05) is 6.92 Å². The summed E-state index contributed by atoms with van der Waals surface area (Å²) in [6.07, 6.45) is 2.46. The Bertz CT molecular complexity index is 650. The van der Waals surface area contributed by atoms with Gasteiger partial charge in [0.05, 0.1) is 6.26 Å². The van der Waals surface area contributed by atoms with Gasteiger partial charge in [0.1, 0.15) is 6.04 Å². The van der Waals surface area contributed by atoms with Crippen molar-refractivity contribution in [3.63, 3.8) is 0 Å². The van der Waals surface area contributed by atoms with Crippen LogP contribution in [0.3, 0.4) is 0 Å². The summed E-state index contributed by atoms with van der Waals surface area (Å²) in [6.45, 7) is 3.66. The molecule has 0 saturated carbocycles. The molecule has 2 aromatic rings. The Morgan fingerprint density at radius 1 is 1.43 bits per heavy atom. The number of amides is 1. The number of carboxylic acids is 1. The Labute approximate surface area is 132 Å². The van der Waals surface area contributed by atoms with E-state index in [9.17, 15) is 9.59 Å². The van der Waals surface area contributed by atoms with Crippen molar-refractivity contribution in [3.8, 4) is 11.6 Å².